The first kappa shape index (κ1) is 22.2. The van der Waals surface area contributed by atoms with Crippen LogP contribution in [0.2, 0.25) is 0 Å². The van der Waals surface area contributed by atoms with Gasteiger partial charge in [0, 0.05) is 5.69 Å². The molecule has 0 unspecified atom stereocenters. The van der Waals surface area contributed by atoms with Crippen molar-refractivity contribution in [2.45, 2.75) is 46.3 Å². The summed E-state index contributed by atoms with van der Waals surface area (Å²) in [6.07, 6.45) is -0.585. The van der Waals surface area contributed by atoms with Gasteiger partial charge in [-0.2, -0.15) is 0 Å². The number of fused-ring (bicyclic) bond motifs is 1. The van der Waals surface area contributed by atoms with E-state index in [-0.39, 0.29) is 6.54 Å². The van der Waals surface area contributed by atoms with Crippen LogP contribution in [-0.4, -0.2) is 28.2 Å². The molecule has 0 spiro atoms. The molecule has 0 bridgehead atoms. The average molecular weight is 418 g/mol. The Morgan fingerprint density at radius 1 is 0.935 bits per heavy atom. The van der Waals surface area contributed by atoms with Crippen LogP contribution in [0.25, 0.3) is 10.8 Å². The summed E-state index contributed by atoms with van der Waals surface area (Å²) >= 11 is 0. The van der Waals surface area contributed by atoms with E-state index < -0.39 is 29.7 Å². The number of benzene rings is 2. The van der Waals surface area contributed by atoms with E-state index in [4.69, 9.17) is 4.74 Å². The fraction of sp³-hybridized carbons (Fsp3) is 0.280. The molecule has 6 nitrogen and oxygen atoms in total. The molecule has 160 valence electrons. The molecule has 6 heteroatoms. The minimum absolute atomic E-state index is 0.224. The van der Waals surface area contributed by atoms with Gasteiger partial charge in [0.05, 0.1) is 13.0 Å². The van der Waals surface area contributed by atoms with Crippen molar-refractivity contribution in [2.24, 2.45) is 0 Å². The van der Waals surface area contributed by atoms with Gasteiger partial charge in [-0.15, -0.1) is 0 Å². The number of anilines is 1. The third kappa shape index (κ3) is 5.98. The zero-order chi connectivity index (χ0) is 22.6. The number of nitrogens with zero attached hydrogens (tertiary/aromatic N) is 2. The molecule has 2 aromatic carbocycles. The minimum atomic E-state index is -1.01. The van der Waals surface area contributed by atoms with Crippen LogP contribution in [0, 0.1) is 6.92 Å². The molecule has 0 fully saturated rings. The molecule has 0 atom stereocenters. The maximum atomic E-state index is 13.1. The zero-order valence-electron chi connectivity index (χ0n) is 18.2. The summed E-state index contributed by atoms with van der Waals surface area (Å²) in [6, 6.07) is 19.2. The molecule has 0 N–H and O–H groups in total. The Bertz CT molecular complexity index is 1130. The molecule has 0 saturated carbocycles. The molecule has 1 heterocycles. The van der Waals surface area contributed by atoms with Gasteiger partial charge in [-0.3, -0.25) is 14.5 Å². The number of carbonyl (C=O) groups excluding carboxylic acids is 3. The molecule has 3 rings (SSSR count). The molecule has 31 heavy (non-hydrogen) atoms. The number of hydrogen-bond acceptors (Lipinski definition) is 5. The van der Waals surface area contributed by atoms with Gasteiger partial charge in [0.1, 0.15) is 11.4 Å². The fourth-order valence-corrected chi connectivity index (χ4v) is 3.14. The predicted octanol–water partition coefficient (Wildman–Crippen LogP) is 4.38. The van der Waals surface area contributed by atoms with E-state index >= 15 is 0 Å². The smallest absolute Gasteiger partial charge is 0.375 e. The summed E-state index contributed by atoms with van der Waals surface area (Å²) in [5, 5.41) is 2.15. The number of amides is 1. The van der Waals surface area contributed by atoms with Crippen molar-refractivity contribution in [3.63, 3.8) is 0 Å². The highest BCUT2D eigenvalue weighted by atomic mass is 16.6. The van der Waals surface area contributed by atoms with E-state index in [1.54, 1.807) is 32.9 Å². The van der Waals surface area contributed by atoms with Crippen LogP contribution in [0.1, 0.15) is 38.4 Å². The van der Waals surface area contributed by atoms with Crippen molar-refractivity contribution < 1.29 is 19.1 Å². The van der Waals surface area contributed by atoms with Crippen molar-refractivity contribution in [2.75, 3.05) is 4.90 Å². The van der Waals surface area contributed by atoms with Gasteiger partial charge in [-0.25, -0.2) is 9.78 Å². The van der Waals surface area contributed by atoms with E-state index in [0.29, 0.717) is 5.82 Å². The van der Waals surface area contributed by atoms with E-state index in [2.05, 4.69) is 4.98 Å². The highest BCUT2D eigenvalue weighted by molar-refractivity contribution is 6.37. The number of Topliss-reactive ketones (excluding diaryl/α,β-unsaturated/α-hetero) is 1. The van der Waals surface area contributed by atoms with Crippen molar-refractivity contribution >= 4 is 34.3 Å². The summed E-state index contributed by atoms with van der Waals surface area (Å²) in [6.45, 7) is 7.06. The number of pyridine rings is 1. The summed E-state index contributed by atoms with van der Waals surface area (Å²) < 4.78 is 5.10. The van der Waals surface area contributed by atoms with Gasteiger partial charge in [0.25, 0.3) is 0 Å². The molecule has 0 saturated heterocycles. The van der Waals surface area contributed by atoms with Crippen LogP contribution < -0.4 is 4.90 Å². The molecule has 0 aliphatic heterocycles. The first-order valence-electron chi connectivity index (χ1n) is 10.1. The standard InChI is InChI=1S/C25H26N2O4/c1-17-8-7-11-22(26-17)27(23(29)15-21(28)24(30)31-25(2,3)4)16-18-12-13-19-9-5-6-10-20(19)14-18/h5-14H,15-16H2,1-4H3. The first-order chi connectivity index (χ1) is 14.6. The van der Waals surface area contributed by atoms with Crippen LogP contribution in [0.15, 0.2) is 60.7 Å². The van der Waals surface area contributed by atoms with Crippen molar-refractivity contribution in [3.05, 3.63) is 71.9 Å². The van der Waals surface area contributed by atoms with Gasteiger partial charge < -0.3 is 4.74 Å². The molecule has 0 aliphatic carbocycles. The Balaban J connectivity index is 1.86. The molecule has 0 radical (unpaired) electrons. The maximum absolute atomic E-state index is 13.1. The van der Waals surface area contributed by atoms with Gasteiger partial charge in [-0.1, -0.05) is 42.5 Å². The van der Waals surface area contributed by atoms with E-state index in [1.165, 1.54) is 4.90 Å². The zero-order valence-corrected chi connectivity index (χ0v) is 18.2. The van der Waals surface area contributed by atoms with Gasteiger partial charge >= 0.3 is 5.97 Å². The van der Waals surface area contributed by atoms with Gasteiger partial charge in [0.2, 0.25) is 11.7 Å². The summed E-state index contributed by atoms with van der Waals surface area (Å²) in [5.41, 5.74) is 0.825. The second-order valence-electron chi connectivity index (χ2n) is 8.40. The second kappa shape index (κ2) is 9.08. The summed E-state index contributed by atoms with van der Waals surface area (Å²) in [4.78, 5) is 43.3. The number of hydrogen-bond donors (Lipinski definition) is 0. The Labute approximate surface area is 181 Å². The monoisotopic (exact) mass is 418 g/mol. The minimum Gasteiger partial charge on any atom is -0.454 e. The number of ketones is 1. The molecule has 1 amide bonds. The summed E-state index contributed by atoms with van der Waals surface area (Å²) in [7, 11) is 0. The molecule has 3 aromatic rings. The third-order valence-electron chi connectivity index (χ3n) is 4.54. The van der Waals surface area contributed by atoms with Crippen LogP contribution in [0.4, 0.5) is 5.82 Å². The Morgan fingerprint density at radius 3 is 2.32 bits per heavy atom. The Morgan fingerprint density at radius 2 is 1.65 bits per heavy atom. The lowest BCUT2D eigenvalue weighted by atomic mass is 10.1. The third-order valence-corrected chi connectivity index (χ3v) is 4.54. The fourth-order valence-electron chi connectivity index (χ4n) is 3.14. The van der Waals surface area contributed by atoms with Crippen LogP contribution >= 0.6 is 0 Å². The second-order valence-corrected chi connectivity index (χ2v) is 8.40. The Kier molecular flexibility index (Phi) is 6.49. The lowest BCUT2D eigenvalue weighted by Crippen LogP contribution is -2.36. The molecule has 1 aromatic heterocycles. The van der Waals surface area contributed by atoms with Crippen molar-refractivity contribution in [1.29, 1.82) is 0 Å². The number of ether oxygens (including phenoxy) is 1. The van der Waals surface area contributed by atoms with Crippen LogP contribution in [-0.2, 0) is 25.7 Å². The molecule has 0 aliphatic rings. The number of carbonyl (C=O) groups is 3. The normalized spacial score (nSPS) is 11.2. The van der Waals surface area contributed by atoms with Crippen molar-refractivity contribution in [1.82, 2.24) is 4.98 Å². The van der Waals surface area contributed by atoms with Gasteiger partial charge in [-0.05, 0) is 62.2 Å². The SMILES string of the molecule is Cc1cccc(N(Cc2ccc3ccccc3c2)C(=O)CC(=O)C(=O)OC(C)(C)C)n1. The quantitative estimate of drug-likeness (QED) is 0.337. The average Bonchev–Trinajstić information content (AvgIpc) is 2.70. The highest BCUT2D eigenvalue weighted by Crippen LogP contribution is 2.21. The first-order valence-corrected chi connectivity index (χ1v) is 10.1. The Hall–Kier alpha value is -3.54. The topological polar surface area (TPSA) is 76.6 Å². The number of rotatable bonds is 6. The number of aromatic nitrogens is 1. The van der Waals surface area contributed by atoms with E-state index in [1.807, 2.05) is 55.5 Å². The van der Waals surface area contributed by atoms with Crippen molar-refractivity contribution in [3.8, 4) is 0 Å². The molecular formula is C25H26N2O4. The molecular weight excluding hydrogens is 392 g/mol. The number of esters is 1. The lowest BCUT2D eigenvalue weighted by molar-refractivity contribution is -0.163. The predicted molar refractivity (Wildman–Crippen MR) is 120 cm³/mol. The van der Waals surface area contributed by atoms with E-state index in [9.17, 15) is 14.4 Å². The van der Waals surface area contributed by atoms with E-state index in [0.717, 1.165) is 22.0 Å². The maximum Gasteiger partial charge on any atom is 0.375 e. The largest absolute Gasteiger partial charge is 0.454 e. The summed E-state index contributed by atoms with van der Waals surface area (Å²) in [5.74, 6) is -1.97. The van der Waals surface area contributed by atoms with Crippen LogP contribution in [0.5, 0.6) is 0 Å². The number of aryl methyl sites for hydroxylation is 1. The highest BCUT2D eigenvalue weighted by Gasteiger charge is 2.28. The lowest BCUT2D eigenvalue weighted by Gasteiger charge is -2.23. The van der Waals surface area contributed by atoms with Gasteiger partial charge in [0.15, 0.2) is 0 Å². The van der Waals surface area contributed by atoms with Crippen LogP contribution in [0.3, 0.4) is 0 Å².